The Hall–Kier alpha value is -3.21. The number of pyridine rings is 1. The molecule has 26 heavy (non-hydrogen) atoms. The molecule has 0 radical (unpaired) electrons. The van der Waals surface area contributed by atoms with E-state index in [1.807, 2.05) is 36.4 Å². The number of halogens is 1. The van der Waals surface area contributed by atoms with Crippen LogP contribution in [0, 0.1) is 5.82 Å². The van der Waals surface area contributed by atoms with Gasteiger partial charge >= 0.3 is 0 Å². The third kappa shape index (κ3) is 4.25. The van der Waals surface area contributed by atoms with Gasteiger partial charge in [0.05, 0.1) is 11.3 Å². The van der Waals surface area contributed by atoms with Crippen molar-refractivity contribution in [2.75, 3.05) is 23.8 Å². The monoisotopic (exact) mass is 349 g/mol. The molecule has 1 N–H and O–H groups in total. The topological polar surface area (TPSA) is 45.2 Å². The number of rotatable bonds is 6. The number of para-hydroxylation sites is 1. The average Bonchev–Trinajstić information content (AvgIpc) is 2.69. The first kappa shape index (κ1) is 17.6. The van der Waals surface area contributed by atoms with E-state index in [2.05, 4.69) is 10.3 Å². The molecule has 2 aromatic carbocycles. The molecule has 5 heteroatoms. The summed E-state index contributed by atoms with van der Waals surface area (Å²) in [5.74, 6) is -0.345. The van der Waals surface area contributed by atoms with Gasteiger partial charge in [0.15, 0.2) is 0 Å². The Labute approximate surface area is 152 Å². The van der Waals surface area contributed by atoms with Gasteiger partial charge in [-0.3, -0.25) is 9.78 Å². The molecule has 0 spiro atoms. The predicted octanol–water partition coefficient (Wildman–Crippen LogP) is 4.15. The zero-order chi connectivity index (χ0) is 18.4. The van der Waals surface area contributed by atoms with E-state index >= 15 is 0 Å². The molecule has 0 aliphatic heterocycles. The number of anilines is 2. The Kier molecular flexibility index (Phi) is 5.59. The van der Waals surface area contributed by atoms with E-state index < -0.39 is 0 Å². The van der Waals surface area contributed by atoms with E-state index in [-0.39, 0.29) is 11.7 Å². The quantitative estimate of drug-likeness (QED) is 0.727. The smallest absolute Gasteiger partial charge is 0.259 e. The molecule has 0 aliphatic carbocycles. The second kappa shape index (κ2) is 8.25. The normalized spacial score (nSPS) is 10.4. The molecule has 0 aliphatic rings. The highest BCUT2D eigenvalue weighted by Gasteiger charge is 2.14. The number of aromatic nitrogens is 1. The maximum Gasteiger partial charge on any atom is 0.259 e. The van der Waals surface area contributed by atoms with Gasteiger partial charge in [-0.15, -0.1) is 0 Å². The van der Waals surface area contributed by atoms with Crippen LogP contribution in [-0.4, -0.2) is 24.5 Å². The summed E-state index contributed by atoms with van der Waals surface area (Å²) in [5.41, 5.74) is 2.69. The Morgan fingerprint density at radius 1 is 1.08 bits per heavy atom. The van der Waals surface area contributed by atoms with Crippen LogP contribution in [0.5, 0.6) is 0 Å². The lowest BCUT2D eigenvalue weighted by Gasteiger charge is -2.17. The van der Waals surface area contributed by atoms with Gasteiger partial charge in [0.1, 0.15) is 5.82 Å². The summed E-state index contributed by atoms with van der Waals surface area (Å²) in [6.07, 6.45) is 3.75. The Bertz CT molecular complexity index is 883. The Morgan fingerprint density at radius 2 is 1.81 bits per heavy atom. The lowest BCUT2D eigenvalue weighted by molar-refractivity contribution is 0.0992. The minimum atomic E-state index is -0.208. The standard InChI is InChI=1S/C21H20FN3O/c1-25(19-8-3-2-4-9-19)21(26)17-13-18(15-23-14-17)24-12-11-16-7-5-6-10-20(16)22/h2-10,13-15,24H,11-12H2,1H3. The first-order valence-electron chi connectivity index (χ1n) is 8.40. The van der Waals surface area contributed by atoms with Crippen molar-refractivity contribution in [2.24, 2.45) is 0 Å². The van der Waals surface area contributed by atoms with Gasteiger partial charge in [0.25, 0.3) is 5.91 Å². The largest absolute Gasteiger partial charge is 0.383 e. The number of carbonyl (C=O) groups excluding carboxylic acids is 1. The third-order valence-electron chi connectivity index (χ3n) is 4.11. The van der Waals surface area contributed by atoms with Crippen LogP contribution in [0.4, 0.5) is 15.8 Å². The number of nitrogens with zero attached hydrogens (tertiary/aromatic N) is 2. The van der Waals surface area contributed by atoms with Crippen LogP contribution >= 0.6 is 0 Å². The SMILES string of the molecule is CN(C(=O)c1cncc(NCCc2ccccc2F)c1)c1ccccc1. The summed E-state index contributed by atoms with van der Waals surface area (Å²) in [5, 5.41) is 3.19. The van der Waals surface area contributed by atoms with Crippen LogP contribution in [0.1, 0.15) is 15.9 Å². The maximum absolute atomic E-state index is 13.6. The molecular formula is C21H20FN3O. The van der Waals surface area contributed by atoms with Crippen molar-refractivity contribution >= 4 is 17.3 Å². The first-order valence-corrected chi connectivity index (χ1v) is 8.40. The second-order valence-electron chi connectivity index (χ2n) is 5.93. The van der Waals surface area contributed by atoms with E-state index in [1.54, 1.807) is 42.5 Å². The van der Waals surface area contributed by atoms with Crippen molar-refractivity contribution in [2.45, 2.75) is 6.42 Å². The fourth-order valence-electron chi connectivity index (χ4n) is 2.66. The van der Waals surface area contributed by atoms with Crippen LogP contribution in [0.2, 0.25) is 0 Å². The number of hydrogen-bond donors (Lipinski definition) is 1. The summed E-state index contributed by atoms with van der Waals surface area (Å²) < 4.78 is 13.6. The van der Waals surface area contributed by atoms with Crippen LogP contribution < -0.4 is 10.2 Å². The molecule has 0 saturated carbocycles. The highest BCUT2D eigenvalue weighted by atomic mass is 19.1. The second-order valence-corrected chi connectivity index (χ2v) is 5.93. The molecule has 1 heterocycles. The Balaban J connectivity index is 1.64. The van der Waals surface area contributed by atoms with Crippen LogP contribution in [0.25, 0.3) is 0 Å². The van der Waals surface area contributed by atoms with Gasteiger partial charge in [-0.25, -0.2) is 4.39 Å². The molecule has 3 rings (SSSR count). The van der Waals surface area contributed by atoms with Crippen LogP contribution in [0.3, 0.4) is 0 Å². The van der Waals surface area contributed by atoms with E-state index in [1.165, 1.54) is 6.07 Å². The van der Waals surface area contributed by atoms with E-state index in [0.717, 1.165) is 11.4 Å². The molecule has 1 amide bonds. The summed E-state index contributed by atoms with van der Waals surface area (Å²) in [4.78, 5) is 18.4. The van der Waals surface area contributed by atoms with Crippen molar-refractivity contribution in [3.05, 3.63) is 90.0 Å². The Morgan fingerprint density at radius 3 is 2.58 bits per heavy atom. The van der Waals surface area contributed by atoms with E-state index in [9.17, 15) is 9.18 Å². The molecule has 0 bridgehead atoms. The molecule has 132 valence electrons. The molecular weight excluding hydrogens is 329 g/mol. The van der Waals surface area contributed by atoms with Gasteiger partial charge in [0, 0.05) is 31.7 Å². The lowest BCUT2D eigenvalue weighted by atomic mass is 10.1. The number of amides is 1. The molecule has 0 fully saturated rings. The molecule has 3 aromatic rings. The molecule has 0 saturated heterocycles. The van der Waals surface area contributed by atoms with Gasteiger partial charge in [-0.2, -0.15) is 0 Å². The first-order chi connectivity index (χ1) is 12.6. The molecule has 1 aromatic heterocycles. The van der Waals surface area contributed by atoms with Gasteiger partial charge in [-0.05, 0) is 36.2 Å². The minimum Gasteiger partial charge on any atom is -0.383 e. The van der Waals surface area contributed by atoms with Crippen molar-refractivity contribution in [3.8, 4) is 0 Å². The summed E-state index contributed by atoms with van der Waals surface area (Å²) in [7, 11) is 1.73. The van der Waals surface area contributed by atoms with Gasteiger partial charge in [-0.1, -0.05) is 36.4 Å². The van der Waals surface area contributed by atoms with Crippen molar-refractivity contribution in [1.82, 2.24) is 4.98 Å². The number of carbonyl (C=O) groups is 1. The summed E-state index contributed by atoms with van der Waals surface area (Å²) >= 11 is 0. The highest BCUT2D eigenvalue weighted by molar-refractivity contribution is 6.05. The fourth-order valence-corrected chi connectivity index (χ4v) is 2.66. The van der Waals surface area contributed by atoms with Gasteiger partial charge < -0.3 is 10.2 Å². The van der Waals surface area contributed by atoms with Crippen molar-refractivity contribution in [1.29, 1.82) is 0 Å². The number of nitrogens with one attached hydrogen (secondary N) is 1. The molecule has 4 nitrogen and oxygen atoms in total. The zero-order valence-corrected chi connectivity index (χ0v) is 14.5. The highest BCUT2D eigenvalue weighted by Crippen LogP contribution is 2.16. The lowest BCUT2D eigenvalue weighted by Crippen LogP contribution is -2.26. The fraction of sp³-hybridized carbons (Fsp3) is 0.143. The number of hydrogen-bond acceptors (Lipinski definition) is 3. The van der Waals surface area contributed by atoms with Crippen molar-refractivity contribution in [3.63, 3.8) is 0 Å². The molecule has 0 unspecified atom stereocenters. The molecule has 0 atom stereocenters. The average molecular weight is 349 g/mol. The van der Waals surface area contributed by atoms with E-state index in [4.69, 9.17) is 0 Å². The predicted molar refractivity (Wildman–Crippen MR) is 102 cm³/mol. The maximum atomic E-state index is 13.6. The summed E-state index contributed by atoms with van der Waals surface area (Å²) in [6.45, 7) is 0.550. The van der Waals surface area contributed by atoms with E-state index in [0.29, 0.717) is 24.1 Å². The third-order valence-corrected chi connectivity index (χ3v) is 4.11. The minimum absolute atomic E-state index is 0.138. The van der Waals surface area contributed by atoms with Crippen LogP contribution in [-0.2, 0) is 6.42 Å². The van der Waals surface area contributed by atoms with Crippen molar-refractivity contribution < 1.29 is 9.18 Å². The number of benzene rings is 2. The van der Waals surface area contributed by atoms with Gasteiger partial charge in [0.2, 0.25) is 0 Å². The van der Waals surface area contributed by atoms with Crippen LogP contribution in [0.15, 0.2) is 73.1 Å². The zero-order valence-electron chi connectivity index (χ0n) is 14.5. The summed E-state index contributed by atoms with van der Waals surface area (Å²) in [6, 6.07) is 17.9.